The normalized spacial score (nSPS) is 10.8. The molecule has 0 unspecified atom stereocenters. The van der Waals surface area contributed by atoms with Crippen molar-refractivity contribution in [3.8, 4) is 0 Å². The van der Waals surface area contributed by atoms with E-state index in [1.807, 2.05) is 6.21 Å². The van der Waals surface area contributed by atoms with Crippen molar-refractivity contribution in [3.05, 3.63) is 35.4 Å². The van der Waals surface area contributed by atoms with Crippen molar-refractivity contribution in [1.29, 1.82) is 0 Å². The molecule has 1 aromatic carbocycles. The number of thiocarbonyl (C=S) groups is 1. The van der Waals surface area contributed by atoms with Gasteiger partial charge in [0.2, 0.25) is 5.11 Å². The van der Waals surface area contributed by atoms with Gasteiger partial charge < -0.3 is 5.32 Å². The van der Waals surface area contributed by atoms with Crippen molar-refractivity contribution >= 4 is 23.5 Å². The van der Waals surface area contributed by atoms with E-state index in [9.17, 15) is 0 Å². The molecule has 0 spiro atoms. The van der Waals surface area contributed by atoms with Gasteiger partial charge in [0.05, 0.1) is 0 Å². The fourth-order valence-electron chi connectivity index (χ4n) is 1.22. The van der Waals surface area contributed by atoms with E-state index in [2.05, 4.69) is 54.0 Å². The van der Waals surface area contributed by atoms with E-state index in [0.29, 0.717) is 11.0 Å². The van der Waals surface area contributed by atoms with Gasteiger partial charge >= 0.3 is 0 Å². The summed E-state index contributed by atoms with van der Waals surface area (Å²) in [6.07, 6.45) is 1.87. The van der Waals surface area contributed by atoms with Crippen LogP contribution in [0.5, 0.6) is 0 Å². The maximum absolute atomic E-state index is 4.92. The van der Waals surface area contributed by atoms with Crippen LogP contribution in [0.2, 0.25) is 0 Å². The summed E-state index contributed by atoms with van der Waals surface area (Å²) in [5.41, 5.74) is 5.28. The van der Waals surface area contributed by atoms with E-state index in [1.165, 1.54) is 5.56 Å². The maximum Gasteiger partial charge on any atom is 0.223 e. The number of benzene rings is 1. The molecule has 0 heterocycles. The molecule has 16 heavy (non-hydrogen) atoms. The standard InChI is InChI=1S/C12H17N3S/c1-9(2)11-6-4-10(5-7-11)8-14-15-12(16)13-3/h4-9H,1-3H3,(H2,13,15,16)/p+1. The molecule has 0 aliphatic carbocycles. The molecule has 0 saturated carbocycles. The van der Waals surface area contributed by atoms with E-state index in [4.69, 9.17) is 12.2 Å². The van der Waals surface area contributed by atoms with Crippen LogP contribution in [0.25, 0.3) is 0 Å². The second-order valence-corrected chi connectivity index (χ2v) is 4.22. The van der Waals surface area contributed by atoms with E-state index in [-0.39, 0.29) is 0 Å². The van der Waals surface area contributed by atoms with Gasteiger partial charge in [-0.2, -0.15) is 0 Å². The third kappa shape index (κ3) is 3.98. The zero-order valence-corrected chi connectivity index (χ0v) is 10.7. The second kappa shape index (κ2) is 6.23. The number of hydrogen-bond donors (Lipinski definition) is 3. The molecule has 0 fully saturated rings. The van der Waals surface area contributed by atoms with Crippen molar-refractivity contribution in [3.63, 3.8) is 0 Å². The summed E-state index contributed by atoms with van der Waals surface area (Å²) in [5, 5.41) is 6.30. The number of hydrazine groups is 1. The van der Waals surface area contributed by atoms with Gasteiger partial charge in [0.25, 0.3) is 0 Å². The first kappa shape index (κ1) is 12.6. The molecule has 0 amide bonds. The summed E-state index contributed by atoms with van der Waals surface area (Å²) in [5.74, 6) is 0.567. The summed E-state index contributed by atoms with van der Waals surface area (Å²) in [6.45, 7) is 4.37. The minimum absolute atomic E-state index is 0.565. The van der Waals surface area contributed by atoms with Crippen LogP contribution in [0.15, 0.2) is 24.3 Å². The lowest BCUT2D eigenvalue weighted by molar-refractivity contribution is -0.500. The quantitative estimate of drug-likeness (QED) is 0.402. The van der Waals surface area contributed by atoms with Crippen LogP contribution in [-0.4, -0.2) is 18.4 Å². The highest BCUT2D eigenvalue weighted by Crippen LogP contribution is 2.13. The lowest BCUT2D eigenvalue weighted by atomic mass is 10.0. The van der Waals surface area contributed by atoms with Crippen LogP contribution < -0.4 is 15.8 Å². The fraction of sp³-hybridized carbons (Fsp3) is 0.333. The van der Waals surface area contributed by atoms with Gasteiger partial charge in [-0.3, -0.25) is 0 Å². The van der Waals surface area contributed by atoms with E-state index < -0.39 is 0 Å². The first-order valence-corrected chi connectivity index (χ1v) is 5.70. The lowest BCUT2D eigenvalue weighted by Crippen LogP contribution is -2.82. The minimum Gasteiger partial charge on any atom is -0.361 e. The number of nitrogens with one attached hydrogen (secondary N) is 3. The van der Waals surface area contributed by atoms with Crippen molar-refractivity contribution in [1.82, 2.24) is 10.7 Å². The molecule has 0 atom stereocenters. The SMILES string of the molecule is CNC(=S)N[NH+]=Cc1ccc(C(C)C)cc1. The molecule has 0 saturated heterocycles. The average Bonchev–Trinajstić information content (AvgIpc) is 2.29. The van der Waals surface area contributed by atoms with Crippen LogP contribution in [0.1, 0.15) is 30.9 Å². The molecular weight excluding hydrogens is 218 g/mol. The Kier molecular flexibility index (Phi) is 4.92. The highest BCUT2D eigenvalue weighted by Gasteiger charge is 1.98. The number of hydrazone groups is 1. The predicted octanol–water partition coefficient (Wildman–Crippen LogP) is 0.318. The van der Waals surface area contributed by atoms with E-state index in [0.717, 1.165) is 5.56 Å². The Bertz CT molecular complexity index is 368. The third-order valence-corrected chi connectivity index (χ3v) is 2.56. The zero-order chi connectivity index (χ0) is 12.0. The van der Waals surface area contributed by atoms with Crippen LogP contribution in [0.4, 0.5) is 0 Å². The summed E-state index contributed by atoms with van der Waals surface area (Å²) < 4.78 is 0. The van der Waals surface area contributed by atoms with Crippen LogP contribution >= 0.6 is 12.2 Å². The van der Waals surface area contributed by atoms with Gasteiger partial charge in [-0.15, -0.1) is 10.5 Å². The van der Waals surface area contributed by atoms with Crippen molar-refractivity contribution in [2.45, 2.75) is 19.8 Å². The van der Waals surface area contributed by atoms with Crippen LogP contribution in [-0.2, 0) is 0 Å². The number of hydrogen-bond acceptors (Lipinski definition) is 1. The Labute approximate surface area is 102 Å². The predicted molar refractivity (Wildman–Crippen MR) is 71.5 cm³/mol. The minimum atomic E-state index is 0.565. The smallest absolute Gasteiger partial charge is 0.223 e. The Morgan fingerprint density at radius 3 is 2.44 bits per heavy atom. The monoisotopic (exact) mass is 236 g/mol. The molecule has 0 radical (unpaired) electrons. The molecule has 0 aliphatic rings. The summed E-state index contributed by atoms with van der Waals surface area (Å²) in [7, 11) is 1.77. The molecule has 4 heteroatoms. The Morgan fingerprint density at radius 1 is 1.31 bits per heavy atom. The number of rotatable bonds is 3. The molecule has 86 valence electrons. The van der Waals surface area contributed by atoms with Gasteiger partial charge in [-0.05, 0) is 35.8 Å². The van der Waals surface area contributed by atoms with Gasteiger partial charge in [-0.25, -0.2) is 0 Å². The maximum atomic E-state index is 4.92. The second-order valence-electron chi connectivity index (χ2n) is 3.81. The average molecular weight is 236 g/mol. The Balaban J connectivity index is 2.58. The van der Waals surface area contributed by atoms with Gasteiger partial charge in [-0.1, -0.05) is 26.0 Å². The summed E-state index contributed by atoms with van der Waals surface area (Å²) >= 11 is 4.92. The molecule has 0 aliphatic heterocycles. The molecule has 3 nitrogen and oxygen atoms in total. The van der Waals surface area contributed by atoms with Crippen LogP contribution in [0.3, 0.4) is 0 Å². The van der Waals surface area contributed by atoms with Crippen molar-refractivity contribution in [2.75, 3.05) is 7.05 Å². The molecule has 3 N–H and O–H groups in total. The fourth-order valence-corrected chi connectivity index (χ4v) is 1.28. The Morgan fingerprint density at radius 2 is 1.94 bits per heavy atom. The van der Waals surface area contributed by atoms with Crippen LogP contribution in [0, 0.1) is 0 Å². The van der Waals surface area contributed by atoms with Gasteiger partial charge in [0.1, 0.15) is 0 Å². The zero-order valence-electron chi connectivity index (χ0n) is 9.87. The van der Waals surface area contributed by atoms with E-state index in [1.54, 1.807) is 7.05 Å². The first-order chi connectivity index (χ1) is 7.63. The van der Waals surface area contributed by atoms with Gasteiger partial charge in [0, 0.05) is 12.6 Å². The molecular formula is C12H18N3S+. The molecule has 0 aromatic heterocycles. The third-order valence-electron chi connectivity index (χ3n) is 2.25. The highest BCUT2D eigenvalue weighted by atomic mass is 32.1. The first-order valence-electron chi connectivity index (χ1n) is 5.30. The van der Waals surface area contributed by atoms with E-state index >= 15 is 0 Å². The molecule has 0 bridgehead atoms. The van der Waals surface area contributed by atoms with Gasteiger partial charge in [0.15, 0.2) is 6.21 Å². The molecule has 1 rings (SSSR count). The topological polar surface area (TPSA) is 38.0 Å². The largest absolute Gasteiger partial charge is 0.361 e. The lowest BCUT2D eigenvalue weighted by Gasteiger charge is -2.03. The van der Waals surface area contributed by atoms with Crippen molar-refractivity contribution in [2.24, 2.45) is 0 Å². The highest BCUT2D eigenvalue weighted by molar-refractivity contribution is 7.80. The Hall–Kier alpha value is -1.42. The molecule has 1 aromatic rings. The summed E-state index contributed by atoms with van der Waals surface area (Å²) in [6, 6.07) is 8.42. The van der Waals surface area contributed by atoms with Crippen molar-refractivity contribution < 1.29 is 5.10 Å². The summed E-state index contributed by atoms with van der Waals surface area (Å²) in [4.78, 5) is 0.